The van der Waals surface area contributed by atoms with Crippen molar-refractivity contribution in [3.8, 4) is 0 Å². The Kier molecular flexibility index (Phi) is 6.93. The Hall–Kier alpha value is -2.27. The predicted octanol–water partition coefficient (Wildman–Crippen LogP) is 3.59. The first-order valence-corrected chi connectivity index (χ1v) is 9.93. The van der Waals surface area contributed by atoms with Crippen molar-refractivity contribution in [2.45, 2.75) is 45.7 Å². The standard InChI is InChI=1S/C22H30N4O/c1-17(2)13-21(27)25-22(20-9-3-4-11-24-20)19-8-6-12-26(16-19)15-18-7-5-10-23-14-18/h3-5,7,9-11,14,17,19,22H,6,8,12-13,15-16H2,1-2H3,(H,25,27)/t19-,22-/m1/s1. The summed E-state index contributed by atoms with van der Waals surface area (Å²) >= 11 is 0. The van der Waals surface area contributed by atoms with Crippen molar-refractivity contribution in [2.75, 3.05) is 13.1 Å². The van der Waals surface area contributed by atoms with E-state index >= 15 is 0 Å². The summed E-state index contributed by atoms with van der Waals surface area (Å²) in [6.07, 6.45) is 8.35. The lowest BCUT2D eigenvalue weighted by Gasteiger charge is -2.37. The molecule has 1 N–H and O–H groups in total. The first-order valence-electron chi connectivity index (χ1n) is 9.93. The molecule has 0 saturated carbocycles. The van der Waals surface area contributed by atoms with Gasteiger partial charge in [-0.1, -0.05) is 26.0 Å². The van der Waals surface area contributed by atoms with E-state index in [4.69, 9.17) is 0 Å². The van der Waals surface area contributed by atoms with Gasteiger partial charge < -0.3 is 5.32 Å². The molecule has 5 nitrogen and oxygen atoms in total. The SMILES string of the molecule is CC(C)CC(=O)N[C@@H](c1ccccn1)[C@@H]1CCCN(Cc2cccnc2)C1. The average molecular weight is 367 g/mol. The van der Waals surface area contributed by atoms with Crippen LogP contribution in [0, 0.1) is 11.8 Å². The molecule has 0 spiro atoms. The van der Waals surface area contributed by atoms with Gasteiger partial charge in [0.25, 0.3) is 0 Å². The molecule has 3 heterocycles. The van der Waals surface area contributed by atoms with E-state index in [0.717, 1.165) is 38.2 Å². The molecule has 1 amide bonds. The fourth-order valence-corrected chi connectivity index (χ4v) is 3.85. The number of hydrogen-bond donors (Lipinski definition) is 1. The zero-order valence-electron chi connectivity index (χ0n) is 16.3. The first-order chi connectivity index (χ1) is 13.1. The van der Waals surface area contributed by atoms with Crippen LogP contribution in [-0.4, -0.2) is 33.9 Å². The summed E-state index contributed by atoms with van der Waals surface area (Å²) in [7, 11) is 0. The second-order valence-electron chi connectivity index (χ2n) is 7.90. The summed E-state index contributed by atoms with van der Waals surface area (Å²) in [5, 5.41) is 3.28. The first kappa shape index (κ1) is 19.5. The second-order valence-corrected chi connectivity index (χ2v) is 7.90. The van der Waals surface area contributed by atoms with Gasteiger partial charge in [0.2, 0.25) is 5.91 Å². The van der Waals surface area contributed by atoms with Gasteiger partial charge in [-0.25, -0.2) is 0 Å². The number of carbonyl (C=O) groups excluding carboxylic acids is 1. The summed E-state index contributed by atoms with van der Waals surface area (Å²) in [4.78, 5) is 23.7. The van der Waals surface area contributed by atoms with Crippen LogP contribution in [0.3, 0.4) is 0 Å². The zero-order chi connectivity index (χ0) is 19.1. The average Bonchev–Trinajstić information content (AvgIpc) is 2.67. The Morgan fingerprint density at radius 1 is 1.26 bits per heavy atom. The number of nitrogens with one attached hydrogen (secondary N) is 1. The highest BCUT2D eigenvalue weighted by molar-refractivity contribution is 5.76. The van der Waals surface area contributed by atoms with Crippen molar-refractivity contribution in [3.05, 3.63) is 60.2 Å². The molecule has 2 aromatic rings. The monoisotopic (exact) mass is 366 g/mol. The Labute approximate surface area is 162 Å². The van der Waals surface area contributed by atoms with Gasteiger partial charge in [0.05, 0.1) is 11.7 Å². The van der Waals surface area contributed by atoms with E-state index < -0.39 is 0 Å². The van der Waals surface area contributed by atoms with Crippen molar-refractivity contribution >= 4 is 5.91 Å². The molecule has 0 aromatic carbocycles. The summed E-state index contributed by atoms with van der Waals surface area (Å²) in [5.41, 5.74) is 2.19. The molecule has 0 radical (unpaired) electrons. The van der Waals surface area contributed by atoms with E-state index in [0.29, 0.717) is 18.3 Å². The molecule has 27 heavy (non-hydrogen) atoms. The van der Waals surface area contributed by atoms with Crippen LogP contribution >= 0.6 is 0 Å². The Morgan fingerprint density at radius 2 is 2.15 bits per heavy atom. The number of likely N-dealkylation sites (tertiary alicyclic amines) is 1. The van der Waals surface area contributed by atoms with E-state index in [1.807, 2.05) is 42.9 Å². The molecule has 1 aliphatic heterocycles. The van der Waals surface area contributed by atoms with Gasteiger partial charge >= 0.3 is 0 Å². The molecular formula is C22H30N4O. The lowest BCUT2D eigenvalue weighted by Crippen LogP contribution is -2.43. The topological polar surface area (TPSA) is 58.1 Å². The zero-order valence-corrected chi connectivity index (χ0v) is 16.3. The molecule has 5 heteroatoms. The van der Waals surface area contributed by atoms with E-state index in [-0.39, 0.29) is 11.9 Å². The molecule has 144 valence electrons. The fourth-order valence-electron chi connectivity index (χ4n) is 3.85. The van der Waals surface area contributed by atoms with Crippen LogP contribution < -0.4 is 5.32 Å². The Morgan fingerprint density at radius 3 is 2.85 bits per heavy atom. The van der Waals surface area contributed by atoms with Crippen molar-refractivity contribution in [1.29, 1.82) is 0 Å². The maximum absolute atomic E-state index is 12.5. The molecule has 2 atom stereocenters. The number of piperidine rings is 1. The molecule has 2 aromatic heterocycles. The Balaban J connectivity index is 1.71. The van der Waals surface area contributed by atoms with Gasteiger partial charge in [0.15, 0.2) is 0 Å². The lowest BCUT2D eigenvalue weighted by molar-refractivity contribution is -0.123. The number of aromatic nitrogens is 2. The highest BCUT2D eigenvalue weighted by Crippen LogP contribution is 2.30. The van der Waals surface area contributed by atoms with Gasteiger partial charge in [-0.3, -0.25) is 19.7 Å². The largest absolute Gasteiger partial charge is 0.347 e. The van der Waals surface area contributed by atoms with Gasteiger partial charge in [0.1, 0.15) is 0 Å². The van der Waals surface area contributed by atoms with Crippen LogP contribution in [0.25, 0.3) is 0 Å². The van der Waals surface area contributed by atoms with Crippen molar-refractivity contribution in [3.63, 3.8) is 0 Å². The van der Waals surface area contributed by atoms with Crippen molar-refractivity contribution < 1.29 is 4.79 Å². The van der Waals surface area contributed by atoms with Gasteiger partial charge in [0, 0.05) is 38.1 Å². The van der Waals surface area contributed by atoms with Crippen molar-refractivity contribution in [1.82, 2.24) is 20.2 Å². The lowest BCUT2D eigenvalue weighted by atomic mass is 9.88. The van der Waals surface area contributed by atoms with Gasteiger partial charge in [-0.15, -0.1) is 0 Å². The highest BCUT2D eigenvalue weighted by Gasteiger charge is 2.30. The summed E-state index contributed by atoms with van der Waals surface area (Å²) < 4.78 is 0. The molecule has 1 aliphatic rings. The predicted molar refractivity (Wildman–Crippen MR) is 107 cm³/mol. The van der Waals surface area contributed by atoms with Crippen LogP contribution in [0.1, 0.15) is 50.4 Å². The van der Waals surface area contributed by atoms with E-state index in [1.54, 1.807) is 0 Å². The summed E-state index contributed by atoms with van der Waals surface area (Å²) in [6, 6.07) is 10.0. The van der Waals surface area contributed by atoms with E-state index in [2.05, 4.69) is 40.1 Å². The number of amides is 1. The van der Waals surface area contributed by atoms with Crippen LogP contribution in [0.15, 0.2) is 48.9 Å². The van der Waals surface area contributed by atoms with Crippen LogP contribution in [0.4, 0.5) is 0 Å². The summed E-state index contributed by atoms with van der Waals surface area (Å²) in [6.45, 7) is 7.09. The molecular weight excluding hydrogens is 336 g/mol. The maximum atomic E-state index is 12.5. The minimum absolute atomic E-state index is 0.0332. The number of nitrogens with zero attached hydrogens (tertiary/aromatic N) is 3. The van der Waals surface area contributed by atoms with Gasteiger partial charge in [-0.05, 0) is 55.0 Å². The van der Waals surface area contributed by atoms with Crippen LogP contribution in [-0.2, 0) is 11.3 Å². The van der Waals surface area contributed by atoms with Crippen LogP contribution in [0.2, 0.25) is 0 Å². The molecule has 1 fully saturated rings. The van der Waals surface area contributed by atoms with Crippen molar-refractivity contribution in [2.24, 2.45) is 11.8 Å². The third-order valence-corrected chi connectivity index (χ3v) is 5.06. The second kappa shape index (κ2) is 9.60. The minimum Gasteiger partial charge on any atom is -0.347 e. The van der Waals surface area contributed by atoms with E-state index in [9.17, 15) is 4.79 Å². The molecule has 0 aliphatic carbocycles. The quantitative estimate of drug-likeness (QED) is 0.813. The molecule has 1 saturated heterocycles. The number of pyridine rings is 2. The summed E-state index contributed by atoms with van der Waals surface area (Å²) in [5.74, 6) is 0.828. The van der Waals surface area contributed by atoms with Gasteiger partial charge in [-0.2, -0.15) is 0 Å². The Bertz CT molecular complexity index is 705. The number of rotatable bonds is 7. The molecule has 3 rings (SSSR count). The highest BCUT2D eigenvalue weighted by atomic mass is 16.1. The third-order valence-electron chi connectivity index (χ3n) is 5.06. The smallest absolute Gasteiger partial charge is 0.220 e. The third kappa shape index (κ3) is 5.86. The number of hydrogen-bond acceptors (Lipinski definition) is 4. The molecule has 0 unspecified atom stereocenters. The molecule has 0 bridgehead atoms. The van der Waals surface area contributed by atoms with E-state index in [1.165, 1.54) is 5.56 Å². The normalized spacial score (nSPS) is 19.0. The minimum atomic E-state index is -0.0332. The number of carbonyl (C=O) groups is 1. The van der Waals surface area contributed by atoms with Crippen LogP contribution in [0.5, 0.6) is 0 Å². The maximum Gasteiger partial charge on any atom is 0.220 e. The fraction of sp³-hybridized carbons (Fsp3) is 0.500.